The molecule has 2 aromatic carbocycles. The highest BCUT2D eigenvalue weighted by Crippen LogP contribution is 2.16. The maximum absolute atomic E-state index is 12.4. The largest absolute Gasteiger partial charge is 0.447 e. The van der Waals surface area contributed by atoms with Crippen LogP contribution in [0.15, 0.2) is 53.0 Å². The van der Waals surface area contributed by atoms with Crippen LogP contribution in [-0.2, 0) is 9.47 Å². The average molecular weight is 421 g/mol. The molecule has 0 aromatic heterocycles. The Morgan fingerprint density at radius 3 is 2.08 bits per heavy atom. The van der Waals surface area contributed by atoms with Gasteiger partial charge in [-0.15, -0.1) is 0 Å². The molecule has 2 N–H and O–H groups in total. The van der Waals surface area contributed by atoms with Gasteiger partial charge in [0.25, 0.3) is 0 Å². The van der Waals surface area contributed by atoms with Gasteiger partial charge in [-0.1, -0.05) is 15.9 Å². The Balaban J connectivity index is 1.90. The number of amides is 3. The molecule has 0 aliphatic rings. The number of hydrogen-bond donors (Lipinski definition) is 2. The first-order chi connectivity index (χ1) is 12.5. The maximum Gasteiger partial charge on any atom is 0.415 e. The zero-order valence-corrected chi connectivity index (χ0v) is 15.5. The fraction of sp³-hybridized carbons (Fsp3) is 0.167. The van der Waals surface area contributed by atoms with Crippen molar-refractivity contribution >= 4 is 39.5 Å². The lowest BCUT2D eigenvalue weighted by molar-refractivity contribution is 0.100. The number of halogens is 1. The summed E-state index contributed by atoms with van der Waals surface area (Å²) in [5.41, 5.74) is 1.47. The van der Waals surface area contributed by atoms with Gasteiger partial charge in [0.2, 0.25) is 0 Å². The summed E-state index contributed by atoms with van der Waals surface area (Å²) in [6, 6.07) is 12.6. The number of imide groups is 1. The fourth-order valence-electron chi connectivity index (χ4n) is 1.98. The van der Waals surface area contributed by atoms with E-state index in [1.54, 1.807) is 48.5 Å². The molecule has 0 saturated heterocycles. The van der Waals surface area contributed by atoms with Gasteiger partial charge in [0.1, 0.15) is 6.61 Å². The van der Waals surface area contributed by atoms with E-state index in [-0.39, 0.29) is 19.0 Å². The summed E-state index contributed by atoms with van der Waals surface area (Å²) >= 11 is 3.32. The fourth-order valence-corrected chi connectivity index (χ4v) is 2.25. The Hall–Kier alpha value is -2.71. The molecule has 8 heteroatoms. The van der Waals surface area contributed by atoms with Crippen molar-refractivity contribution in [1.82, 2.24) is 5.32 Å². The number of rotatable bonds is 6. The minimum atomic E-state index is -0.874. The molecule has 0 aliphatic carbocycles. The monoisotopic (exact) mass is 420 g/mol. The van der Waals surface area contributed by atoms with Gasteiger partial charge in [-0.25, -0.2) is 14.9 Å². The van der Waals surface area contributed by atoms with E-state index in [1.807, 2.05) is 5.32 Å². The van der Waals surface area contributed by atoms with Gasteiger partial charge in [0, 0.05) is 28.4 Å². The number of anilines is 1. The first-order valence-electron chi connectivity index (χ1n) is 7.63. The zero-order valence-electron chi connectivity index (χ0n) is 14.0. The van der Waals surface area contributed by atoms with Crippen LogP contribution in [0.4, 0.5) is 15.3 Å². The highest BCUT2D eigenvalue weighted by molar-refractivity contribution is 9.10. The van der Waals surface area contributed by atoms with Crippen molar-refractivity contribution in [2.75, 3.05) is 25.6 Å². The van der Waals surface area contributed by atoms with Crippen molar-refractivity contribution in [1.29, 1.82) is 0 Å². The summed E-state index contributed by atoms with van der Waals surface area (Å²) in [6.07, 6.45) is -0.874. The van der Waals surface area contributed by atoms with E-state index in [0.29, 0.717) is 16.8 Å². The minimum Gasteiger partial charge on any atom is -0.447 e. The van der Waals surface area contributed by atoms with Crippen LogP contribution in [0.1, 0.15) is 15.9 Å². The van der Waals surface area contributed by atoms with Crippen LogP contribution in [0.2, 0.25) is 0 Å². The molecule has 0 saturated carbocycles. The lowest BCUT2D eigenvalue weighted by atomic mass is 10.0. The number of benzene rings is 2. The highest BCUT2D eigenvalue weighted by atomic mass is 79.9. The molecule has 0 heterocycles. The van der Waals surface area contributed by atoms with Gasteiger partial charge in [-0.3, -0.25) is 4.79 Å². The topological polar surface area (TPSA) is 93.7 Å². The summed E-state index contributed by atoms with van der Waals surface area (Å²) in [4.78, 5) is 35.4. The summed E-state index contributed by atoms with van der Waals surface area (Å²) in [6.45, 7) is 0.283. The smallest absolute Gasteiger partial charge is 0.415 e. The molecule has 2 rings (SSSR count). The second-order valence-electron chi connectivity index (χ2n) is 5.12. The molecule has 3 amide bonds. The van der Waals surface area contributed by atoms with E-state index in [0.717, 1.165) is 4.47 Å². The van der Waals surface area contributed by atoms with Gasteiger partial charge in [0.05, 0.1) is 6.61 Å². The molecule has 0 spiro atoms. The van der Waals surface area contributed by atoms with Crippen LogP contribution in [0.5, 0.6) is 0 Å². The number of carbonyl (C=O) groups is 3. The summed E-state index contributed by atoms with van der Waals surface area (Å²) in [7, 11) is 1.47. The van der Waals surface area contributed by atoms with E-state index < -0.39 is 12.1 Å². The maximum atomic E-state index is 12.4. The summed E-state index contributed by atoms with van der Waals surface area (Å²) in [5.74, 6) is -0.129. The molecule has 0 bridgehead atoms. The van der Waals surface area contributed by atoms with Crippen LogP contribution in [0, 0.1) is 0 Å². The lowest BCUT2D eigenvalue weighted by Gasteiger charge is -2.08. The second kappa shape index (κ2) is 9.69. The molecule has 0 aliphatic heterocycles. The molecule has 26 heavy (non-hydrogen) atoms. The van der Waals surface area contributed by atoms with Crippen molar-refractivity contribution < 1.29 is 23.9 Å². The van der Waals surface area contributed by atoms with Crippen molar-refractivity contribution in [2.45, 2.75) is 0 Å². The molecular weight excluding hydrogens is 404 g/mol. The minimum absolute atomic E-state index is 0.0441. The molecular formula is C18H17BrN2O5. The third-order valence-corrected chi connectivity index (χ3v) is 3.78. The molecule has 0 fully saturated rings. The van der Waals surface area contributed by atoms with Gasteiger partial charge in [0.15, 0.2) is 5.78 Å². The van der Waals surface area contributed by atoms with Crippen molar-refractivity contribution in [3.05, 3.63) is 64.1 Å². The Morgan fingerprint density at radius 2 is 1.50 bits per heavy atom. The lowest BCUT2D eigenvalue weighted by Crippen LogP contribution is -2.35. The Kier molecular flexibility index (Phi) is 7.31. The number of alkyl carbamates (subject to hydrolysis) is 1. The number of hydrogen-bond acceptors (Lipinski definition) is 5. The molecule has 7 nitrogen and oxygen atoms in total. The third kappa shape index (κ3) is 5.98. The quantitative estimate of drug-likeness (QED) is 0.549. The van der Waals surface area contributed by atoms with E-state index >= 15 is 0 Å². The van der Waals surface area contributed by atoms with Crippen LogP contribution in [0.25, 0.3) is 0 Å². The van der Waals surface area contributed by atoms with E-state index in [1.165, 1.54) is 7.11 Å². The zero-order chi connectivity index (χ0) is 18.9. The SMILES string of the molecule is COCCOC(=O)NC(=O)Nc1ccc(C(=O)c2ccc(Br)cc2)cc1. The summed E-state index contributed by atoms with van der Waals surface area (Å²) in [5, 5.41) is 4.49. The van der Waals surface area contributed by atoms with Crippen LogP contribution in [-0.4, -0.2) is 38.2 Å². The standard InChI is InChI=1S/C18H17BrN2O5/c1-25-10-11-26-18(24)21-17(23)20-15-8-4-13(5-9-15)16(22)12-2-6-14(19)7-3-12/h2-9H,10-11H2,1H3,(H2,20,21,23,24). The second-order valence-corrected chi connectivity index (χ2v) is 6.04. The Morgan fingerprint density at radius 1 is 0.923 bits per heavy atom. The summed E-state index contributed by atoms with van der Waals surface area (Å²) < 4.78 is 10.3. The number of nitrogens with one attached hydrogen (secondary N) is 2. The molecule has 0 atom stereocenters. The Labute approximate surface area is 158 Å². The third-order valence-electron chi connectivity index (χ3n) is 3.25. The predicted octanol–water partition coefficient (Wildman–Crippen LogP) is 3.58. The van der Waals surface area contributed by atoms with Crippen molar-refractivity contribution in [3.8, 4) is 0 Å². The predicted molar refractivity (Wildman–Crippen MR) is 99.4 cm³/mol. The molecule has 0 radical (unpaired) electrons. The van der Waals surface area contributed by atoms with E-state index in [9.17, 15) is 14.4 Å². The average Bonchev–Trinajstić information content (AvgIpc) is 2.62. The van der Waals surface area contributed by atoms with Crippen LogP contribution >= 0.6 is 15.9 Å². The Bertz CT molecular complexity index is 775. The first kappa shape index (κ1) is 19.6. The van der Waals surface area contributed by atoms with Crippen LogP contribution in [0.3, 0.4) is 0 Å². The van der Waals surface area contributed by atoms with Crippen LogP contribution < -0.4 is 10.6 Å². The number of urea groups is 1. The number of methoxy groups -OCH3 is 1. The van der Waals surface area contributed by atoms with Crippen molar-refractivity contribution in [3.63, 3.8) is 0 Å². The van der Waals surface area contributed by atoms with Gasteiger partial charge < -0.3 is 14.8 Å². The van der Waals surface area contributed by atoms with Gasteiger partial charge >= 0.3 is 12.1 Å². The molecule has 2 aromatic rings. The van der Waals surface area contributed by atoms with Gasteiger partial charge in [-0.05, 0) is 48.5 Å². The number of ketones is 1. The highest BCUT2D eigenvalue weighted by Gasteiger charge is 2.11. The normalized spacial score (nSPS) is 10.1. The molecule has 0 unspecified atom stereocenters. The van der Waals surface area contributed by atoms with E-state index in [2.05, 4.69) is 21.2 Å². The van der Waals surface area contributed by atoms with Gasteiger partial charge in [-0.2, -0.15) is 0 Å². The van der Waals surface area contributed by atoms with E-state index in [4.69, 9.17) is 9.47 Å². The first-order valence-corrected chi connectivity index (χ1v) is 8.43. The van der Waals surface area contributed by atoms with Crippen molar-refractivity contribution in [2.24, 2.45) is 0 Å². The number of carbonyl (C=O) groups excluding carboxylic acids is 3. The number of ether oxygens (including phenoxy) is 2. The molecule has 136 valence electrons.